The molecule has 0 unspecified atom stereocenters. The van der Waals surface area contributed by atoms with Gasteiger partial charge in [0.15, 0.2) is 0 Å². The van der Waals surface area contributed by atoms with Gasteiger partial charge in [-0.3, -0.25) is 10.2 Å². The van der Waals surface area contributed by atoms with E-state index in [2.05, 4.69) is 25.7 Å². The number of tetrazole rings is 1. The SMILES string of the molecule is N=C(c1ccc(NC(=O)c2nnnn2-c2cc3ccccc3cc2F)cc1)N1CCCCC1. The van der Waals surface area contributed by atoms with Crippen molar-refractivity contribution in [1.82, 2.24) is 25.1 Å². The number of halogens is 1. The van der Waals surface area contributed by atoms with Crippen molar-refractivity contribution in [3.05, 3.63) is 77.9 Å². The average Bonchev–Trinajstić information content (AvgIpc) is 3.34. The van der Waals surface area contributed by atoms with E-state index in [0.717, 1.165) is 46.9 Å². The van der Waals surface area contributed by atoms with Crippen LogP contribution in [0.25, 0.3) is 16.5 Å². The summed E-state index contributed by atoms with van der Waals surface area (Å²) in [7, 11) is 0. The van der Waals surface area contributed by atoms with Crippen LogP contribution in [0.5, 0.6) is 0 Å². The third-order valence-corrected chi connectivity index (χ3v) is 5.80. The zero-order valence-corrected chi connectivity index (χ0v) is 17.8. The number of hydrogen-bond donors (Lipinski definition) is 2. The molecular weight excluding hydrogens is 421 g/mol. The largest absolute Gasteiger partial charge is 0.357 e. The number of hydrogen-bond acceptors (Lipinski definition) is 5. The van der Waals surface area contributed by atoms with Gasteiger partial charge in [-0.2, -0.15) is 4.68 Å². The molecule has 1 fully saturated rings. The van der Waals surface area contributed by atoms with E-state index in [1.54, 1.807) is 30.3 Å². The highest BCUT2D eigenvalue weighted by atomic mass is 19.1. The van der Waals surface area contributed by atoms with Gasteiger partial charge >= 0.3 is 0 Å². The molecule has 0 radical (unpaired) electrons. The number of piperidine rings is 1. The first-order chi connectivity index (χ1) is 16.1. The number of nitrogens with one attached hydrogen (secondary N) is 2. The van der Waals surface area contributed by atoms with Crippen LogP contribution in [0.1, 0.15) is 35.4 Å². The molecule has 8 nitrogen and oxygen atoms in total. The molecule has 3 aromatic carbocycles. The Bertz CT molecular complexity index is 1330. The topological polar surface area (TPSA) is 99.8 Å². The Morgan fingerprint density at radius 1 is 0.970 bits per heavy atom. The Balaban J connectivity index is 1.35. The zero-order chi connectivity index (χ0) is 22.8. The third kappa shape index (κ3) is 4.17. The molecule has 0 spiro atoms. The lowest BCUT2D eigenvalue weighted by Gasteiger charge is -2.29. The highest BCUT2D eigenvalue weighted by Crippen LogP contribution is 2.22. The number of likely N-dealkylation sites (tertiary alicyclic amines) is 1. The lowest BCUT2D eigenvalue weighted by atomic mass is 10.1. The second-order valence-electron chi connectivity index (χ2n) is 7.99. The number of benzene rings is 3. The lowest BCUT2D eigenvalue weighted by molar-refractivity contribution is 0.101. The van der Waals surface area contributed by atoms with Crippen LogP contribution in [0, 0.1) is 11.2 Å². The molecule has 9 heteroatoms. The van der Waals surface area contributed by atoms with E-state index in [1.165, 1.54) is 12.5 Å². The number of aromatic nitrogens is 4. The first-order valence-electron chi connectivity index (χ1n) is 10.8. The van der Waals surface area contributed by atoms with Crippen LogP contribution in [-0.2, 0) is 0 Å². The first-order valence-corrected chi connectivity index (χ1v) is 10.8. The Morgan fingerprint density at radius 3 is 2.39 bits per heavy atom. The highest BCUT2D eigenvalue weighted by molar-refractivity contribution is 6.02. The molecule has 4 aromatic rings. The molecule has 1 aromatic heterocycles. The minimum absolute atomic E-state index is 0.0918. The zero-order valence-electron chi connectivity index (χ0n) is 17.8. The molecule has 0 atom stereocenters. The van der Waals surface area contributed by atoms with E-state index in [-0.39, 0.29) is 11.5 Å². The Morgan fingerprint density at radius 2 is 1.67 bits per heavy atom. The van der Waals surface area contributed by atoms with Crippen LogP contribution >= 0.6 is 0 Å². The molecule has 0 saturated carbocycles. The number of amides is 1. The van der Waals surface area contributed by atoms with Crippen LogP contribution in [0.15, 0.2) is 60.7 Å². The highest BCUT2D eigenvalue weighted by Gasteiger charge is 2.20. The summed E-state index contributed by atoms with van der Waals surface area (Å²) in [6.45, 7) is 1.79. The number of carbonyl (C=O) groups is 1. The minimum Gasteiger partial charge on any atom is -0.357 e. The van der Waals surface area contributed by atoms with Gasteiger partial charge in [0.1, 0.15) is 17.3 Å². The maximum atomic E-state index is 14.8. The average molecular weight is 443 g/mol. The summed E-state index contributed by atoms with van der Waals surface area (Å²) in [5.41, 5.74) is 1.41. The van der Waals surface area contributed by atoms with Crippen molar-refractivity contribution in [3.63, 3.8) is 0 Å². The molecule has 2 N–H and O–H groups in total. The standard InChI is InChI=1S/C24H22FN7O/c25-20-14-17-6-2-3-7-18(17)15-21(20)32-23(28-29-30-32)24(33)27-19-10-8-16(9-11-19)22(26)31-12-4-1-5-13-31/h2-3,6-11,14-15,26H,1,4-5,12-13H2,(H,27,33). The maximum Gasteiger partial charge on any atom is 0.295 e. The van der Waals surface area contributed by atoms with E-state index in [0.29, 0.717) is 11.5 Å². The fourth-order valence-electron chi connectivity index (χ4n) is 4.05. The molecule has 33 heavy (non-hydrogen) atoms. The Labute approximate surface area is 189 Å². The van der Waals surface area contributed by atoms with E-state index >= 15 is 0 Å². The minimum atomic E-state index is -0.564. The van der Waals surface area contributed by atoms with Crippen molar-refractivity contribution in [1.29, 1.82) is 5.41 Å². The summed E-state index contributed by atoms with van der Waals surface area (Å²) in [6.07, 6.45) is 3.41. The summed E-state index contributed by atoms with van der Waals surface area (Å²) in [6, 6.07) is 17.4. The quantitative estimate of drug-likeness (QED) is 0.367. The van der Waals surface area contributed by atoms with Crippen molar-refractivity contribution in [2.45, 2.75) is 19.3 Å². The summed E-state index contributed by atoms with van der Waals surface area (Å²) in [5, 5.41) is 23.9. The number of anilines is 1. The Hall–Kier alpha value is -4.14. The summed E-state index contributed by atoms with van der Waals surface area (Å²) in [4.78, 5) is 14.9. The van der Waals surface area contributed by atoms with Gasteiger partial charge < -0.3 is 10.2 Å². The summed E-state index contributed by atoms with van der Waals surface area (Å²) < 4.78 is 15.8. The molecule has 0 aliphatic carbocycles. The van der Waals surface area contributed by atoms with Crippen LogP contribution < -0.4 is 5.32 Å². The van der Waals surface area contributed by atoms with Crippen LogP contribution in [-0.4, -0.2) is 49.9 Å². The van der Waals surface area contributed by atoms with E-state index in [4.69, 9.17) is 5.41 Å². The summed E-state index contributed by atoms with van der Waals surface area (Å²) >= 11 is 0. The number of nitrogens with zero attached hydrogens (tertiary/aromatic N) is 5. The normalized spacial score (nSPS) is 13.8. The molecule has 1 aliphatic heterocycles. The van der Waals surface area contributed by atoms with Gasteiger partial charge in [-0.1, -0.05) is 24.3 Å². The molecular formula is C24H22FN7O. The van der Waals surface area contributed by atoms with Gasteiger partial charge in [0.05, 0.1) is 0 Å². The van der Waals surface area contributed by atoms with Gasteiger partial charge in [-0.15, -0.1) is 5.10 Å². The fraction of sp³-hybridized carbons (Fsp3) is 0.208. The number of rotatable bonds is 4. The number of fused-ring (bicyclic) bond motifs is 1. The van der Waals surface area contributed by atoms with Gasteiger partial charge in [-0.05, 0) is 76.9 Å². The number of carbonyl (C=O) groups excluding carboxylic acids is 1. The molecule has 5 rings (SSSR count). The lowest BCUT2D eigenvalue weighted by Crippen LogP contribution is -2.35. The second kappa shape index (κ2) is 8.78. The Kier molecular flexibility index (Phi) is 5.52. The van der Waals surface area contributed by atoms with Gasteiger partial charge in [-0.25, -0.2) is 4.39 Å². The van der Waals surface area contributed by atoms with Crippen molar-refractivity contribution < 1.29 is 9.18 Å². The molecule has 2 heterocycles. The van der Waals surface area contributed by atoms with Crippen molar-refractivity contribution in [2.24, 2.45) is 0 Å². The summed E-state index contributed by atoms with van der Waals surface area (Å²) in [5.74, 6) is -0.736. The smallest absolute Gasteiger partial charge is 0.295 e. The predicted molar refractivity (Wildman–Crippen MR) is 123 cm³/mol. The van der Waals surface area contributed by atoms with Crippen LogP contribution in [0.3, 0.4) is 0 Å². The third-order valence-electron chi connectivity index (χ3n) is 5.80. The predicted octanol–water partition coefficient (Wildman–Crippen LogP) is 4.02. The molecule has 1 saturated heterocycles. The second-order valence-corrected chi connectivity index (χ2v) is 7.99. The van der Waals surface area contributed by atoms with E-state index in [9.17, 15) is 9.18 Å². The fourth-order valence-corrected chi connectivity index (χ4v) is 4.05. The van der Waals surface area contributed by atoms with Crippen molar-refractivity contribution in [3.8, 4) is 5.69 Å². The molecule has 166 valence electrons. The van der Waals surface area contributed by atoms with Crippen molar-refractivity contribution in [2.75, 3.05) is 18.4 Å². The monoisotopic (exact) mass is 443 g/mol. The number of amidine groups is 1. The molecule has 1 aliphatic rings. The first kappa shape index (κ1) is 20.7. The van der Waals surface area contributed by atoms with Gasteiger partial charge in [0, 0.05) is 24.3 Å². The van der Waals surface area contributed by atoms with Gasteiger partial charge in [0.25, 0.3) is 5.91 Å². The van der Waals surface area contributed by atoms with E-state index < -0.39 is 11.7 Å². The molecule has 1 amide bonds. The van der Waals surface area contributed by atoms with Crippen molar-refractivity contribution >= 4 is 28.2 Å². The van der Waals surface area contributed by atoms with Gasteiger partial charge in [0.2, 0.25) is 5.82 Å². The van der Waals surface area contributed by atoms with E-state index in [1.807, 2.05) is 24.3 Å². The van der Waals surface area contributed by atoms with Crippen LogP contribution in [0.4, 0.5) is 10.1 Å². The maximum absolute atomic E-state index is 14.8. The van der Waals surface area contributed by atoms with Crippen LogP contribution in [0.2, 0.25) is 0 Å². The molecule has 0 bridgehead atoms.